The summed E-state index contributed by atoms with van der Waals surface area (Å²) >= 11 is -1.23. The fraction of sp³-hybridized carbons (Fsp3) is 0. The quantitative estimate of drug-likeness (QED) is 0.300. The summed E-state index contributed by atoms with van der Waals surface area (Å²) in [5, 5.41) is 0. The second-order valence-electron chi connectivity index (χ2n) is 6.35. The van der Waals surface area contributed by atoms with Crippen LogP contribution in [0.1, 0.15) is 0 Å². The average molecular weight is 616 g/mol. The van der Waals surface area contributed by atoms with Gasteiger partial charge in [-0.2, -0.15) is 0 Å². The molecule has 4 aromatic carbocycles. The van der Waals surface area contributed by atoms with Crippen LogP contribution < -0.4 is 15.1 Å². The molecule has 0 unspecified atom stereocenters. The van der Waals surface area contributed by atoms with Crippen molar-refractivity contribution in [3.63, 3.8) is 0 Å². The molecule has 0 N–H and O–H groups in total. The molecule has 0 aliphatic heterocycles. The number of rotatable bonds is 4. The van der Waals surface area contributed by atoms with E-state index in [-0.39, 0.29) is 0 Å². The third-order valence-corrected chi connectivity index (χ3v) is 41.4. The summed E-state index contributed by atoms with van der Waals surface area (Å²) in [6, 6.07) is 44.5. The Morgan fingerprint density at radius 1 is 0.346 bits per heavy atom. The van der Waals surface area contributed by atoms with E-state index in [0.717, 1.165) is 0 Å². The molecule has 0 bridgehead atoms. The van der Waals surface area contributed by atoms with Gasteiger partial charge in [-0.25, -0.2) is 0 Å². The number of halogens is 1. The van der Waals surface area contributed by atoms with Gasteiger partial charge in [-0.1, -0.05) is 0 Å². The monoisotopic (exact) mass is 616 g/mol. The summed E-state index contributed by atoms with van der Waals surface area (Å²) in [7, 11) is 0. The minimum atomic E-state index is -4.11. The van der Waals surface area contributed by atoms with E-state index >= 15 is 0 Å². The second-order valence-corrected chi connectivity index (χ2v) is 36.8. The Kier molecular flexibility index (Phi) is 4.89. The Bertz CT molecular complexity index is 814. The molecule has 0 atom stereocenters. The molecule has 0 nitrogen and oxygen atoms in total. The summed E-state index contributed by atoms with van der Waals surface area (Å²) in [4.78, 5) is 0. The van der Waals surface area contributed by atoms with Crippen molar-refractivity contribution in [2.24, 2.45) is 0 Å². The Morgan fingerprint density at radius 2 is 0.538 bits per heavy atom. The van der Waals surface area contributed by atoms with Gasteiger partial charge < -0.3 is 0 Å². The van der Waals surface area contributed by atoms with Crippen LogP contribution in [-0.2, 0) is 12.0 Å². The van der Waals surface area contributed by atoms with Crippen LogP contribution >= 0.6 is 19.0 Å². The van der Waals surface area contributed by atoms with E-state index < -0.39 is 12.0 Å². The Labute approximate surface area is 166 Å². The van der Waals surface area contributed by atoms with Crippen molar-refractivity contribution in [3.05, 3.63) is 121 Å². The van der Waals surface area contributed by atoms with Crippen LogP contribution in [0.3, 0.4) is 0 Å². The molecule has 4 rings (SSSR count). The molecule has 0 aliphatic carbocycles. The second kappa shape index (κ2) is 7.16. The number of hydrogen-bond acceptors (Lipinski definition) is 0. The van der Waals surface area contributed by atoms with Crippen molar-refractivity contribution in [3.8, 4) is 0 Å². The van der Waals surface area contributed by atoms with Crippen LogP contribution in [-0.4, -0.2) is 0 Å². The summed E-state index contributed by atoms with van der Waals surface area (Å²) in [5.74, 6) is 0. The molecule has 0 aliphatic rings. The molecule has 0 radical (unpaired) electrons. The van der Waals surface area contributed by atoms with Crippen LogP contribution in [0.15, 0.2) is 121 Å². The minimum absolute atomic E-state index is 1.46. The van der Waals surface area contributed by atoms with E-state index in [1.54, 1.807) is 0 Å². The molecule has 0 spiro atoms. The zero-order chi connectivity index (χ0) is 17.9. The summed E-state index contributed by atoms with van der Waals surface area (Å²) < 4.78 is 5.84. The van der Waals surface area contributed by atoms with Crippen molar-refractivity contribution in [1.82, 2.24) is 0 Å². The third kappa shape index (κ3) is 2.62. The Balaban J connectivity index is 2.23. The van der Waals surface area contributed by atoms with Crippen molar-refractivity contribution in [2.45, 2.75) is 0 Å². The normalized spacial score (nSPS) is 12.9. The maximum atomic E-state index is 2.89. The molecule has 26 heavy (non-hydrogen) atoms. The fourth-order valence-corrected chi connectivity index (χ4v) is 31.2. The van der Waals surface area contributed by atoms with Crippen molar-refractivity contribution >= 4 is 34.1 Å². The SMILES string of the molecule is [I][Ta]([c]1ccccc1)([c]1ccccc1)([c]1ccccc1)[c]1ccccc1. The predicted octanol–water partition coefficient (Wildman–Crippen LogP) is 4.33. The summed E-state index contributed by atoms with van der Waals surface area (Å²) in [6.45, 7) is 0. The van der Waals surface area contributed by atoms with Gasteiger partial charge in [0.05, 0.1) is 0 Å². The zero-order valence-corrected chi connectivity index (χ0v) is 19.7. The van der Waals surface area contributed by atoms with Crippen molar-refractivity contribution in [2.75, 3.05) is 0 Å². The summed E-state index contributed by atoms with van der Waals surface area (Å²) in [6.07, 6.45) is 0. The first-order valence-corrected chi connectivity index (χ1v) is 24.2. The van der Waals surface area contributed by atoms with Gasteiger partial charge in [0.1, 0.15) is 0 Å². The molecule has 0 saturated heterocycles. The first-order chi connectivity index (χ1) is 12.7. The van der Waals surface area contributed by atoms with Crippen molar-refractivity contribution in [1.29, 1.82) is 0 Å². The fourth-order valence-electron chi connectivity index (χ4n) is 3.73. The molecule has 0 fully saturated rings. The van der Waals surface area contributed by atoms with Gasteiger partial charge in [0.25, 0.3) is 0 Å². The van der Waals surface area contributed by atoms with Gasteiger partial charge in [-0.05, 0) is 0 Å². The van der Waals surface area contributed by atoms with E-state index in [9.17, 15) is 0 Å². The van der Waals surface area contributed by atoms with E-state index in [2.05, 4.69) is 140 Å². The molecule has 0 saturated carbocycles. The number of benzene rings is 4. The zero-order valence-electron chi connectivity index (χ0n) is 14.4. The van der Waals surface area contributed by atoms with E-state index in [1.165, 1.54) is 15.1 Å². The standard InChI is InChI=1S/4C6H5.HI.Ta/c4*1-2-4-6-5-3-1;;/h4*1-5H;1H;/q;;;;;+1/p-1. The molecular weight excluding hydrogens is 596 g/mol. The molecular formula is C24H20ITa. The Hall–Kier alpha value is -1.65. The molecule has 0 aromatic heterocycles. The van der Waals surface area contributed by atoms with Gasteiger partial charge in [0.15, 0.2) is 0 Å². The van der Waals surface area contributed by atoms with Crippen LogP contribution in [0.2, 0.25) is 0 Å². The van der Waals surface area contributed by atoms with Gasteiger partial charge >= 0.3 is 167 Å². The molecule has 128 valence electrons. The maximum absolute atomic E-state index is 4.11. The molecule has 4 aromatic rings. The van der Waals surface area contributed by atoms with Crippen LogP contribution in [0.25, 0.3) is 0 Å². The van der Waals surface area contributed by atoms with Crippen molar-refractivity contribution < 1.29 is 12.0 Å². The van der Waals surface area contributed by atoms with Gasteiger partial charge in [-0.3, -0.25) is 0 Å². The van der Waals surface area contributed by atoms with E-state index in [1.807, 2.05) is 0 Å². The van der Waals surface area contributed by atoms with Gasteiger partial charge in [0.2, 0.25) is 0 Å². The van der Waals surface area contributed by atoms with Gasteiger partial charge in [-0.15, -0.1) is 0 Å². The number of hydrogen-bond donors (Lipinski definition) is 0. The topological polar surface area (TPSA) is 0 Å². The third-order valence-electron chi connectivity index (χ3n) is 4.96. The summed E-state index contributed by atoms with van der Waals surface area (Å²) in [5.41, 5.74) is 0. The average Bonchev–Trinajstić information content (AvgIpc) is 2.76. The van der Waals surface area contributed by atoms with E-state index in [4.69, 9.17) is 0 Å². The molecule has 0 heterocycles. The van der Waals surface area contributed by atoms with E-state index in [0.29, 0.717) is 0 Å². The van der Waals surface area contributed by atoms with Gasteiger partial charge in [0, 0.05) is 0 Å². The van der Waals surface area contributed by atoms with Crippen LogP contribution in [0.4, 0.5) is 0 Å². The predicted molar refractivity (Wildman–Crippen MR) is 118 cm³/mol. The Morgan fingerprint density at radius 3 is 0.731 bits per heavy atom. The molecule has 2 heteroatoms. The first kappa shape index (κ1) is 17.7. The van der Waals surface area contributed by atoms with Crippen LogP contribution in [0, 0.1) is 0 Å². The van der Waals surface area contributed by atoms with Crippen LogP contribution in [0.5, 0.6) is 0 Å². The molecule has 0 amide bonds. The first-order valence-electron chi connectivity index (χ1n) is 8.71.